The SMILES string of the molecule is CCNC1(C#N)CCCC1CCSC(C)CC. The number of nitrogens with one attached hydrogen (secondary N) is 1. The molecule has 0 aromatic rings. The predicted molar refractivity (Wildman–Crippen MR) is 76.2 cm³/mol. The van der Waals surface area contributed by atoms with Crippen molar-refractivity contribution >= 4 is 11.8 Å². The van der Waals surface area contributed by atoms with Crippen molar-refractivity contribution in [1.29, 1.82) is 5.26 Å². The van der Waals surface area contributed by atoms with Crippen molar-refractivity contribution in [3.63, 3.8) is 0 Å². The summed E-state index contributed by atoms with van der Waals surface area (Å²) in [4.78, 5) is 0. The minimum atomic E-state index is -0.217. The third kappa shape index (κ3) is 3.89. The van der Waals surface area contributed by atoms with Crippen LogP contribution in [0.25, 0.3) is 0 Å². The Morgan fingerprint density at radius 1 is 1.53 bits per heavy atom. The van der Waals surface area contributed by atoms with Crippen molar-refractivity contribution in [2.75, 3.05) is 12.3 Å². The smallest absolute Gasteiger partial charge is 0.109 e. The first-order valence-electron chi connectivity index (χ1n) is 6.96. The number of hydrogen-bond acceptors (Lipinski definition) is 3. The maximum absolute atomic E-state index is 9.45. The Morgan fingerprint density at radius 3 is 2.88 bits per heavy atom. The number of rotatable bonds is 7. The highest BCUT2D eigenvalue weighted by Gasteiger charge is 2.41. The van der Waals surface area contributed by atoms with Crippen molar-refractivity contribution in [2.24, 2.45) is 5.92 Å². The molecule has 1 rings (SSSR count). The fourth-order valence-electron chi connectivity index (χ4n) is 2.73. The minimum Gasteiger partial charge on any atom is -0.299 e. The van der Waals surface area contributed by atoms with Gasteiger partial charge in [-0.1, -0.05) is 27.2 Å². The molecule has 0 bridgehead atoms. The van der Waals surface area contributed by atoms with Crippen LogP contribution >= 0.6 is 11.8 Å². The van der Waals surface area contributed by atoms with E-state index in [-0.39, 0.29) is 5.54 Å². The Kier molecular flexibility index (Phi) is 6.37. The molecule has 1 aliphatic rings. The molecule has 3 heteroatoms. The van der Waals surface area contributed by atoms with Gasteiger partial charge in [0.15, 0.2) is 0 Å². The molecule has 0 spiro atoms. The molecule has 0 amide bonds. The third-order valence-electron chi connectivity index (χ3n) is 3.96. The minimum absolute atomic E-state index is 0.217. The molecule has 1 fully saturated rings. The van der Waals surface area contributed by atoms with Crippen LogP contribution in [0.4, 0.5) is 0 Å². The molecule has 3 unspecified atom stereocenters. The molecule has 3 atom stereocenters. The van der Waals surface area contributed by atoms with E-state index in [1.165, 1.54) is 31.4 Å². The van der Waals surface area contributed by atoms with Crippen LogP contribution in [0.3, 0.4) is 0 Å². The van der Waals surface area contributed by atoms with Crippen LogP contribution in [0.15, 0.2) is 0 Å². The Balaban J connectivity index is 2.43. The Bertz CT molecular complexity index is 261. The molecule has 1 saturated carbocycles. The van der Waals surface area contributed by atoms with Gasteiger partial charge in [0.25, 0.3) is 0 Å². The van der Waals surface area contributed by atoms with E-state index in [1.54, 1.807) is 0 Å². The van der Waals surface area contributed by atoms with Crippen LogP contribution in [-0.2, 0) is 0 Å². The van der Waals surface area contributed by atoms with E-state index in [0.29, 0.717) is 5.92 Å². The van der Waals surface area contributed by atoms with Gasteiger partial charge in [-0.3, -0.25) is 5.32 Å². The normalized spacial score (nSPS) is 30.1. The fraction of sp³-hybridized carbons (Fsp3) is 0.929. The highest BCUT2D eigenvalue weighted by atomic mass is 32.2. The maximum Gasteiger partial charge on any atom is 0.109 e. The molecule has 0 radical (unpaired) electrons. The second-order valence-electron chi connectivity index (χ2n) is 5.08. The second kappa shape index (κ2) is 7.28. The fourth-order valence-corrected chi connectivity index (χ4v) is 3.79. The number of nitriles is 1. The van der Waals surface area contributed by atoms with E-state index < -0.39 is 0 Å². The van der Waals surface area contributed by atoms with E-state index in [2.05, 4.69) is 43.9 Å². The van der Waals surface area contributed by atoms with Crippen LogP contribution in [0.5, 0.6) is 0 Å². The molecule has 2 nitrogen and oxygen atoms in total. The van der Waals surface area contributed by atoms with Gasteiger partial charge in [0.2, 0.25) is 0 Å². The Morgan fingerprint density at radius 2 is 2.29 bits per heavy atom. The van der Waals surface area contributed by atoms with Gasteiger partial charge in [0, 0.05) is 5.25 Å². The molecule has 0 heterocycles. The quantitative estimate of drug-likeness (QED) is 0.754. The molecule has 1 N–H and O–H groups in total. The number of hydrogen-bond donors (Lipinski definition) is 1. The van der Waals surface area contributed by atoms with Gasteiger partial charge in [0.05, 0.1) is 6.07 Å². The first kappa shape index (κ1) is 14.9. The zero-order valence-corrected chi connectivity index (χ0v) is 12.3. The molecule has 0 aromatic heterocycles. The summed E-state index contributed by atoms with van der Waals surface area (Å²) in [6.45, 7) is 7.54. The van der Waals surface area contributed by atoms with Crippen molar-refractivity contribution in [2.45, 2.75) is 63.7 Å². The lowest BCUT2D eigenvalue weighted by Crippen LogP contribution is -2.47. The number of nitrogens with zero attached hydrogens (tertiary/aromatic N) is 1. The third-order valence-corrected chi connectivity index (χ3v) is 5.33. The average molecular weight is 254 g/mol. The topological polar surface area (TPSA) is 35.8 Å². The standard InChI is InChI=1S/C14H26N2S/c1-4-12(3)17-10-8-13-7-6-9-14(13,11-15)16-5-2/h12-13,16H,4-10H2,1-3H3. The summed E-state index contributed by atoms with van der Waals surface area (Å²) < 4.78 is 0. The summed E-state index contributed by atoms with van der Waals surface area (Å²) in [5, 5.41) is 13.6. The Labute approximate surface area is 111 Å². The van der Waals surface area contributed by atoms with Gasteiger partial charge in [-0.15, -0.1) is 0 Å². The number of thioether (sulfide) groups is 1. The molecule has 0 aliphatic heterocycles. The van der Waals surface area contributed by atoms with E-state index in [9.17, 15) is 5.26 Å². The van der Waals surface area contributed by atoms with Gasteiger partial charge < -0.3 is 0 Å². The van der Waals surface area contributed by atoms with Crippen molar-refractivity contribution in [3.8, 4) is 6.07 Å². The second-order valence-corrected chi connectivity index (χ2v) is 6.63. The molecular formula is C14H26N2S. The lowest BCUT2D eigenvalue weighted by molar-refractivity contribution is 0.317. The largest absolute Gasteiger partial charge is 0.299 e. The summed E-state index contributed by atoms with van der Waals surface area (Å²) in [6, 6.07) is 2.56. The molecule has 1 aliphatic carbocycles. The van der Waals surface area contributed by atoms with Crippen LogP contribution in [0.1, 0.15) is 52.9 Å². The summed E-state index contributed by atoms with van der Waals surface area (Å²) in [6.07, 6.45) is 5.90. The first-order valence-corrected chi connectivity index (χ1v) is 8.01. The monoisotopic (exact) mass is 254 g/mol. The van der Waals surface area contributed by atoms with Gasteiger partial charge in [-0.2, -0.15) is 17.0 Å². The highest BCUT2D eigenvalue weighted by molar-refractivity contribution is 7.99. The maximum atomic E-state index is 9.45. The molecule has 0 aromatic carbocycles. The molecular weight excluding hydrogens is 228 g/mol. The first-order chi connectivity index (χ1) is 8.18. The zero-order valence-electron chi connectivity index (χ0n) is 11.5. The lowest BCUT2D eigenvalue weighted by atomic mass is 9.86. The zero-order chi connectivity index (χ0) is 12.7. The van der Waals surface area contributed by atoms with Crippen molar-refractivity contribution < 1.29 is 0 Å². The van der Waals surface area contributed by atoms with Crippen LogP contribution in [0, 0.1) is 17.2 Å². The molecule has 0 saturated heterocycles. The lowest BCUT2D eigenvalue weighted by Gasteiger charge is -2.29. The Hall–Kier alpha value is -0.200. The highest BCUT2D eigenvalue weighted by Crippen LogP contribution is 2.38. The van der Waals surface area contributed by atoms with Crippen molar-refractivity contribution in [1.82, 2.24) is 5.32 Å². The van der Waals surface area contributed by atoms with E-state index in [0.717, 1.165) is 18.2 Å². The molecule has 98 valence electrons. The van der Waals surface area contributed by atoms with Gasteiger partial charge in [-0.05, 0) is 43.9 Å². The summed E-state index contributed by atoms with van der Waals surface area (Å²) in [5.41, 5.74) is -0.217. The predicted octanol–water partition coefficient (Wildman–Crippen LogP) is 3.58. The van der Waals surface area contributed by atoms with Crippen LogP contribution in [0.2, 0.25) is 0 Å². The van der Waals surface area contributed by atoms with Gasteiger partial charge >= 0.3 is 0 Å². The summed E-state index contributed by atoms with van der Waals surface area (Å²) in [5.74, 6) is 1.76. The summed E-state index contributed by atoms with van der Waals surface area (Å²) in [7, 11) is 0. The molecule has 17 heavy (non-hydrogen) atoms. The van der Waals surface area contributed by atoms with Crippen molar-refractivity contribution in [3.05, 3.63) is 0 Å². The van der Waals surface area contributed by atoms with Crippen LogP contribution < -0.4 is 5.32 Å². The van der Waals surface area contributed by atoms with E-state index in [4.69, 9.17) is 0 Å². The average Bonchev–Trinajstić information content (AvgIpc) is 2.73. The van der Waals surface area contributed by atoms with Gasteiger partial charge in [0.1, 0.15) is 5.54 Å². The van der Waals surface area contributed by atoms with E-state index >= 15 is 0 Å². The summed E-state index contributed by atoms with van der Waals surface area (Å²) >= 11 is 2.06. The van der Waals surface area contributed by atoms with E-state index in [1.807, 2.05) is 0 Å². The van der Waals surface area contributed by atoms with Crippen LogP contribution in [-0.4, -0.2) is 23.1 Å². The van der Waals surface area contributed by atoms with Gasteiger partial charge in [-0.25, -0.2) is 0 Å².